The Bertz CT molecular complexity index is 1100. The number of anilines is 1. The van der Waals surface area contributed by atoms with Crippen LogP contribution in [0.25, 0.3) is 5.69 Å². The molecular weight excluding hydrogens is 424 g/mol. The third kappa shape index (κ3) is 4.70. The van der Waals surface area contributed by atoms with E-state index in [1.807, 2.05) is 0 Å². The molecule has 3 rings (SSSR count). The van der Waals surface area contributed by atoms with E-state index in [1.165, 1.54) is 24.3 Å². The maximum atomic E-state index is 12.6. The summed E-state index contributed by atoms with van der Waals surface area (Å²) in [7, 11) is -4.16. The van der Waals surface area contributed by atoms with E-state index in [0.717, 1.165) is 29.1 Å². The highest BCUT2D eigenvalue weighted by Crippen LogP contribution is 2.30. The molecule has 1 N–H and O–H groups in total. The van der Waals surface area contributed by atoms with Gasteiger partial charge in [0.05, 0.1) is 16.1 Å². The first-order valence-corrected chi connectivity index (χ1v) is 9.28. The van der Waals surface area contributed by atoms with Crippen molar-refractivity contribution in [1.82, 2.24) is 9.78 Å². The van der Waals surface area contributed by atoms with Crippen molar-refractivity contribution in [3.05, 3.63) is 72.1 Å². The van der Waals surface area contributed by atoms with Crippen LogP contribution >= 0.6 is 0 Å². The standard InChI is InChI=1S/C17H11F6N3O2S/c18-16(19,20)11-1-7-14(8-2-11)29(27,28)25-12-3-5-13(6-4-12)26-10-9-15(24-26)17(21,22)23/h1-10,25H. The molecule has 0 amide bonds. The van der Waals surface area contributed by atoms with E-state index in [2.05, 4.69) is 9.82 Å². The first-order chi connectivity index (χ1) is 13.4. The van der Waals surface area contributed by atoms with Crippen molar-refractivity contribution in [2.75, 3.05) is 4.72 Å². The van der Waals surface area contributed by atoms with E-state index < -0.39 is 33.6 Å². The van der Waals surface area contributed by atoms with Gasteiger partial charge in [-0.3, -0.25) is 4.72 Å². The van der Waals surface area contributed by atoms with Crippen molar-refractivity contribution >= 4 is 15.7 Å². The first-order valence-electron chi connectivity index (χ1n) is 7.80. The van der Waals surface area contributed by atoms with Crippen LogP contribution in [0.5, 0.6) is 0 Å². The highest BCUT2D eigenvalue weighted by Gasteiger charge is 2.33. The van der Waals surface area contributed by atoms with Crippen LogP contribution in [0.1, 0.15) is 11.3 Å². The second kappa shape index (κ2) is 7.10. The number of halogens is 6. The summed E-state index contributed by atoms with van der Waals surface area (Å²) < 4.78 is 103. The fourth-order valence-corrected chi connectivity index (χ4v) is 3.40. The molecule has 0 radical (unpaired) electrons. The zero-order valence-corrected chi connectivity index (χ0v) is 15.0. The molecule has 0 saturated carbocycles. The number of sulfonamides is 1. The number of hydrogen-bond acceptors (Lipinski definition) is 3. The molecule has 154 valence electrons. The normalized spacial score (nSPS) is 12.8. The summed E-state index contributed by atoms with van der Waals surface area (Å²) in [5.74, 6) is 0. The van der Waals surface area contributed by atoms with E-state index >= 15 is 0 Å². The van der Waals surface area contributed by atoms with Crippen molar-refractivity contribution < 1.29 is 34.8 Å². The van der Waals surface area contributed by atoms with Crippen LogP contribution in [0, 0.1) is 0 Å². The van der Waals surface area contributed by atoms with Gasteiger partial charge in [0, 0.05) is 11.9 Å². The molecule has 5 nitrogen and oxygen atoms in total. The number of alkyl halides is 6. The van der Waals surface area contributed by atoms with Crippen LogP contribution in [-0.2, 0) is 22.4 Å². The van der Waals surface area contributed by atoms with Crippen molar-refractivity contribution in [3.63, 3.8) is 0 Å². The van der Waals surface area contributed by atoms with Crippen molar-refractivity contribution in [3.8, 4) is 5.69 Å². The molecule has 0 bridgehead atoms. The van der Waals surface area contributed by atoms with E-state index in [1.54, 1.807) is 0 Å². The predicted molar refractivity (Wildman–Crippen MR) is 90.8 cm³/mol. The number of rotatable bonds is 4. The van der Waals surface area contributed by atoms with Gasteiger partial charge < -0.3 is 0 Å². The molecule has 0 spiro atoms. The van der Waals surface area contributed by atoms with Crippen LogP contribution in [0.15, 0.2) is 65.7 Å². The average Bonchev–Trinajstić information content (AvgIpc) is 3.12. The minimum absolute atomic E-state index is 0.0665. The van der Waals surface area contributed by atoms with Gasteiger partial charge in [-0.2, -0.15) is 31.4 Å². The number of benzene rings is 2. The maximum Gasteiger partial charge on any atom is 0.435 e. The van der Waals surface area contributed by atoms with E-state index in [-0.39, 0.29) is 16.3 Å². The molecule has 0 fully saturated rings. The fraction of sp³-hybridized carbons (Fsp3) is 0.118. The monoisotopic (exact) mass is 435 g/mol. The van der Waals surface area contributed by atoms with Crippen LogP contribution in [-0.4, -0.2) is 18.2 Å². The van der Waals surface area contributed by atoms with Crippen LogP contribution < -0.4 is 4.72 Å². The van der Waals surface area contributed by atoms with Gasteiger partial charge >= 0.3 is 12.4 Å². The Morgan fingerprint density at radius 1 is 0.793 bits per heavy atom. The van der Waals surface area contributed by atoms with Gasteiger partial charge in [0.1, 0.15) is 0 Å². The minimum Gasteiger partial charge on any atom is -0.280 e. The quantitative estimate of drug-likeness (QED) is 0.604. The van der Waals surface area contributed by atoms with Crippen molar-refractivity contribution in [1.29, 1.82) is 0 Å². The molecule has 29 heavy (non-hydrogen) atoms. The molecule has 12 heteroatoms. The van der Waals surface area contributed by atoms with Gasteiger partial charge in [0.15, 0.2) is 5.69 Å². The second-order valence-electron chi connectivity index (χ2n) is 5.82. The van der Waals surface area contributed by atoms with Crippen LogP contribution in [0.2, 0.25) is 0 Å². The summed E-state index contributed by atoms with van der Waals surface area (Å²) in [6, 6.07) is 8.96. The Morgan fingerprint density at radius 3 is 1.86 bits per heavy atom. The third-order valence-electron chi connectivity index (χ3n) is 3.76. The fourth-order valence-electron chi connectivity index (χ4n) is 2.34. The number of nitrogens with one attached hydrogen (secondary N) is 1. The van der Waals surface area contributed by atoms with Gasteiger partial charge in [0.2, 0.25) is 0 Å². The summed E-state index contributed by atoms with van der Waals surface area (Å²) in [5.41, 5.74) is -1.75. The van der Waals surface area contributed by atoms with Gasteiger partial charge in [-0.05, 0) is 54.6 Å². The molecular formula is C17H11F6N3O2S. The van der Waals surface area contributed by atoms with Gasteiger partial charge in [-0.1, -0.05) is 0 Å². The van der Waals surface area contributed by atoms with Crippen molar-refractivity contribution in [2.24, 2.45) is 0 Å². The number of hydrogen-bond donors (Lipinski definition) is 1. The Hall–Kier alpha value is -3.02. The molecule has 3 aromatic rings. The Balaban J connectivity index is 1.77. The molecule has 1 heterocycles. The van der Waals surface area contributed by atoms with Crippen LogP contribution in [0.3, 0.4) is 0 Å². The van der Waals surface area contributed by atoms with Crippen molar-refractivity contribution in [2.45, 2.75) is 17.2 Å². The molecule has 0 aliphatic carbocycles. The average molecular weight is 435 g/mol. The summed E-state index contributed by atoms with van der Waals surface area (Å²) in [6.45, 7) is 0. The second-order valence-corrected chi connectivity index (χ2v) is 7.50. The van der Waals surface area contributed by atoms with Crippen LogP contribution in [0.4, 0.5) is 32.0 Å². The molecule has 0 saturated heterocycles. The maximum absolute atomic E-state index is 12.6. The summed E-state index contributed by atoms with van der Waals surface area (Å²) in [6.07, 6.45) is -8.09. The smallest absolute Gasteiger partial charge is 0.280 e. The third-order valence-corrected chi connectivity index (χ3v) is 5.15. The lowest BCUT2D eigenvalue weighted by Gasteiger charge is -2.11. The Morgan fingerprint density at radius 2 is 1.38 bits per heavy atom. The molecule has 2 aromatic carbocycles. The highest BCUT2D eigenvalue weighted by atomic mass is 32.2. The van der Waals surface area contributed by atoms with E-state index in [0.29, 0.717) is 12.1 Å². The summed E-state index contributed by atoms with van der Waals surface area (Å²) in [5, 5.41) is 3.39. The largest absolute Gasteiger partial charge is 0.435 e. The minimum atomic E-state index is -4.59. The molecule has 0 atom stereocenters. The molecule has 0 unspecified atom stereocenters. The van der Waals surface area contributed by atoms with Gasteiger partial charge in [-0.15, -0.1) is 0 Å². The zero-order chi connectivity index (χ0) is 21.4. The SMILES string of the molecule is O=S(=O)(Nc1ccc(-n2ccc(C(F)(F)F)n2)cc1)c1ccc(C(F)(F)F)cc1. The van der Waals surface area contributed by atoms with E-state index in [9.17, 15) is 34.8 Å². The van der Waals surface area contributed by atoms with Gasteiger partial charge in [-0.25, -0.2) is 13.1 Å². The molecule has 0 aliphatic rings. The summed E-state index contributed by atoms with van der Waals surface area (Å²) in [4.78, 5) is -0.378. The zero-order valence-electron chi connectivity index (χ0n) is 14.2. The lowest BCUT2D eigenvalue weighted by atomic mass is 10.2. The number of nitrogens with zero attached hydrogens (tertiary/aromatic N) is 2. The van der Waals surface area contributed by atoms with Gasteiger partial charge in [0.25, 0.3) is 10.0 Å². The number of aromatic nitrogens is 2. The van der Waals surface area contributed by atoms with E-state index in [4.69, 9.17) is 0 Å². The Kier molecular flexibility index (Phi) is 5.07. The molecule has 1 aromatic heterocycles. The lowest BCUT2D eigenvalue weighted by molar-refractivity contribution is -0.141. The Labute approximate surface area is 160 Å². The first kappa shape index (κ1) is 20.7. The topological polar surface area (TPSA) is 64.0 Å². The highest BCUT2D eigenvalue weighted by molar-refractivity contribution is 7.92. The molecule has 0 aliphatic heterocycles. The predicted octanol–water partition coefficient (Wildman–Crippen LogP) is 4.71. The lowest BCUT2D eigenvalue weighted by Crippen LogP contribution is -2.13. The summed E-state index contributed by atoms with van der Waals surface area (Å²) >= 11 is 0.